The van der Waals surface area contributed by atoms with Crippen LogP contribution in [0.15, 0.2) is 42.9 Å². The summed E-state index contributed by atoms with van der Waals surface area (Å²) in [6, 6.07) is 6.47. The Labute approximate surface area is 211 Å². The molecule has 4 heterocycles. The van der Waals surface area contributed by atoms with E-state index in [1.807, 2.05) is 0 Å². The number of ether oxygens (including phenoxy) is 2. The second kappa shape index (κ2) is 11.1. The predicted molar refractivity (Wildman–Crippen MR) is 132 cm³/mol. The smallest absolute Gasteiger partial charge is 0.269 e. The van der Waals surface area contributed by atoms with Gasteiger partial charge in [0, 0.05) is 33.1 Å². The molecule has 2 N–H and O–H groups in total. The van der Waals surface area contributed by atoms with Crippen molar-refractivity contribution in [1.29, 1.82) is 0 Å². The van der Waals surface area contributed by atoms with Crippen molar-refractivity contribution in [3.8, 4) is 17.4 Å². The summed E-state index contributed by atoms with van der Waals surface area (Å²) in [6.45, 7) is 2.12. The number of fused-ring (bicyclic) bond motifs is 1. The third-order valence-corrected chi connectivity index (χ3v) is 5.24. The van der Waals surface area contributed by atoms with Crippen LogP contribution < -0.4 is 10.1 Å². The number of halogens is 1. The van der Waals surface area contributed by atoms with Gasteiger partial charge in [-0.1, -0.05) is 11.6 Å². The van der Waals surface area contributed by atoms with E-state index in [1.165, 1.54) is 23.4 Å². The molecular formula is C23H23ClN8O4. The summed E-state index contributed by atoms with van der Waals surface area (Å²) in [6.07, 6.45) is 3.36. The largest absolute Gasteiger partial charge is 0.461 e. The highest BCUT2D eigenvalue weighted by Gasteiger charge is 2.25. The summed E-state index contributed by atoms with van der Waals surface area (Å²) in [5, 5.41) is 10.3. The molecule has 13 heteroatoms. The topological polar surface area (TPSA) is 148 Å². The van der Waals surface area contributed by atoms with Crippen LogP contribution in [-0.4, -0.2) is 80.3 Å². The second-order valence-electron chi connectivity index (χ2n) is 7.71. The van der Waals surface area contributed by atoms with Gasteiger partial charge in [0.05, 0.1) is 23.4 Å². The van der Waals surface area contributed by atoms with Crippen molar-refractivity contribution in [2.24, 2.45) is 0 Å². The Balaban J connectivity index is 1.60. The lowest BCUT2D eigenvalue weighted by Gasteiger charge is -2.18. The number of nitrogens with zero attached hydrogens (tertiary/aromatic N) is 6. The number of aromatic nitrogens is 6. The lowest BCUT2D eigenvalue weighted by atomic mass is 10.2. The summed E-state index contributed by atoms with van der Waals surface area (Å²) in [7, 11) is 3.29. The van der Waals surface area contributed by atoms with Crippen LogP contribution in [0.3, 0.4) is 0 Å². The molecule has 0 aromatic carbocycles. The Bertz CT molecular complexity index is 1380. The fourth-order valence-corrected chi connectivity index (χ4v) is 3.34. The molecular weight excluding hydrogens is 488 g/mol. The van der Waals surface area contributed by atoms with Crippen LogP contribution in [0.1, 0.15) is 17.3 Å². The minimum Gasteiger partial charge on any atom is -0.461 e. The van der Waals surface area contributed by atoms with E-state index >= 15 is 0 Å². The van der Waals surface area contributed by atoms with Crippen molar-refractivity contribution in [2.45, 2.75) is 13.0 Å². The molecule has 2 amide bonds. The number of hydrogen-bond donors (Lipinski definition) is 2. The van der Waals surface area contributed by atoms with Gasteiger partial charge in [-0.05, 0) is 31.2 Å². The van der Waals surface area contributed by atoms with Crippen LogP contribution in [0.2, 0.25) is 5.02 Å². The highest BCUT2D eigenvalue weighted by atomic mass is 35.5. The fraction of sp³-hybridized carbons (Fsp3) is 0.261. The SMILES string of the molecule is CCOC[C@H](Oc1nc(-c2ncccc2Cl)nc2[nH]ncc12)C(=O)Nc1ccc(C(=O)N(C)C)cn1. The highest BCUT2D eigenvalue weighted by molar-refractivity contribution is 6.32. The molecule has 0 saturated heterocycles. The number of nitrogens with one attached hydrogen (secondary N) is 2. The molecule has 36 heavy (non-hydrogen) atoms. The van der Waals surface area contributed by atoms with Gasteiger partial charge >= 0.3 is 0 Å². The normalized spacial score (nSPS) is 11.8. The number of anilines is 1. The van der Waals surface area contributed by atoms with E-state index in [1.54, 1.807) is 45.4 Å². The van der Waals surface area contributed by atoms with E-state index in [0.717, 1.165) is 0 Å². The lowest BCUT2D eigenvalue weighted by Crippen LogP contribution is -2.37. The van der Waals surface area contributed by atoms with E-state index in [4.69, 9.17) is 21.1 Å². The van der Waals surface area contributed by atoms with Crippen LogP contribution in [0.5, 0.6) is 5.88 Å². The van der Waals surface area contributed by atoms with Crippen molar-refractivity contribution < 1.29 is 19.1 Å². The maximum atomic E-state index is 13.1. The van der Waals surface area contributed by atoms with Gasteiger partial charge in [0.15, 0.2) is 11.5 Å². The first-order valence-corrected chi connectivity index (χ1v) is 11.3. The molecule has 0 aliphatic heterocycles. The Morgan fingerprint density at radius 1 is 1.17 bits per heavy atom. The van der Waals surface area contributed by atoms with E-state index < -0.39 is 12.0 Å². The van der Waals surface area contributed by atoms with Gasteiger partial charge in [-0.3, -0.25) is 19.7 Å². The molecule has 0 aliphatic rings. The molecule has 12 nitrogen and oxygen atoms in total. The zero-order valence-corrected chi connectivity index (χ0v) is 20.5. The van der Waals surface area contributed by atoms with Gasteiger partial charge < -0.3 is 19.7 Å². The zero-order valence-electron chi connectivity index (χ0n) is 19.7. The summed E-state index contributed by atoms with van der Waals surface area (Å²) >= 11 is 6.28. The molecule has 4 aromatic rings. The first-order valence-electron chi connectivity index (χ1n) is 10.9. The van der Waals surface area contributed by atoms with Crippen molar-refractivity contribution in [3.63, 3.8) is 0 Å². The zero-order chi connectivity index (χ0) is 25.7. The number of aromatic amines is 1. The van der Waals surface area contributed by atoms with Crippen LogP contribution >= 0.6 is 11.6 Å². The molecule has 0 spiro atoms. The van der Waals surface area contributed by atoms with Gasteiger partial charge in [-0.2, -0.15) is 10.1 Å². The molecule has 0 unspecified atom stereocenters. The monoisotopic (exact) mass is 510 g/mol. The first-order chi connectivity index (χ1) is 17.4. The van der Waals surface area contributed by atoms with Crippen LogP contribution in [0.25, 0.3) is 22.6 Å². The first kappa shape index (κ1) is 24.9. The minimum atomic E-state index is -1.09. The highest BCUT2D eigenvalue weighted by Crippen LogP contribution is 2.28. The van der Waals surface area contributed by atoms with Crippen molar-refractivity contribution in [2.75, 3.05) is 32.6 Å². The number of amides is 2. The van der Waals surface area contributed by atoms with Gasteiger partial charge in [-0.25, -0.2) is 9.97 Å². The summed E-state index contributed by atoms with van der Waals surface area (Å²) < 4.78 is 11.5. The van der Waals surface area contributed by atoms with E-state index in [9.17, 15) is 9.59 Å². The van der Waals surface area contributed by atoms with E-state index in [-0.39, 0.29) is 30.0 Å². The summed E-state index contributed by atoms with van der Waals surface area (Å²) in [5.41, 5.74) is 1.13. The molecule has 1 atom stereocenters. The van der Waals surface area contributed by atoms with E-state index in [0.29, 0.717) is 33.9 Å². The number of rotatable bonds is 9. The molecule has 186 valence electrons. The Kier molecular flexibility index (Phi) is 7.66. The minimum absolute atomic E-state index is 0.0530. The van der Waals surface area contributed by atoms with Gasteiger partial charge in [0.1, 0.15) is 16.9 Å². The maximum Gasteiger partial charge on any atom is 0.269 e. The average Bonchev–Trinajstić information content (AvgIpc) is 3.35. The molecule has 0 saturated carbocycles. The van der Waals surface area contributed by atoms with Crippen LogP contribution in [0, 0.1) is 0 Å². The van der Waals surface area contributed by atoms with Crippen LogP contribution in [-0.2, 0) is 9.53 Å². The predicted octanol–water partition coefficient (Wildman–Crippen LogP) is 2.59. The van der Waals surface area contributed by atoms with Gasteiger partial charge in [0.25, 0.3) is 11.8 Å². The Morgan fingerprint density at radius 3 is 2.69 bits per heavy atom. The molecule has 0 fully saturated rings. The number of carbonyl (C=O) groups is 2. The van der Waals surface area contributed by atoms with Gasteiger partial charge in [0.2, 0.25) is 12.0 Å². The van der Waals surface area contributed by atoms with Crippen molar-refractivity contribution >= 4 is 40.3 Å². The maximum absolute atomic E-state index is 13.1. The molecule has 0 aliphatic carbocycles. The van der Waals surface area contributed by atoms with Gasteiger partial charge in [-0.15, -0.1) is 0 Å². The average molecular weight is 511 g/mol. The quantitative estimate of drug-likeness (QED) is 0.346. The van der Waals surface area contributed by atoms with Crippen molar-refractivity contribution in [3.05, 3.63) is 53.4 Å². The number of H-pyrrole nitrogens is 1. The van der Waals surface area contributed by atoms with E-state index in [2.05, 4.69) is 35.5 Å². The van der Waals surface area contributed by atoms with Crippen LogP contribution in [0.4, 0.5) is 5.82 Å². The molecule has 0 radical (unpaired) electrons. The summed E-state index contributed by atoms with van der Waals surface area (Å²) in [5.74, 6) is -0.168. The number of carbonyl (C=O) groups excluding carboxylic acids is 2. The lowest BCUT2D eigenvalue weighted by molar-refractivity contribution is -0.125. The Hall–Kier alpha value is -4.16. The standard InChI is InChI=1S/C23H23ClN8O4/c1-4-35-12-16(21(33)28-17-8-7-13(10-26-17)23(34)32(2)3)36-22-14-11-27-31-19(14)29-20(30-22)18-15(24)6-5-9-25-18/h5-11,16H,4,12H2,1-3H3,(H,26,28,33)(H,27,29,30,31)/t16-/m0/s1. The third-order valence-electron chi connectivity index (χ3n) is 4.93. The molecule has 4 aromatic heterocycles. The third kappa shape index (κ3) is 5.56. The Morgan fingerprint density at radius 2 is 2.00 bits per heavy atom. The number of hydrogen-bond acceptors (Lipinski definition) is 9. The van der Waals surface area contributed by atoms with Crippen molar-refractivity contribution in [1.82, 2.24) is 35.0 Å². The second-order valence-corrected chi connectivity index (χ2v) is 8.11. The molecule has 4 rings (SSSR count). The fourth-order valence-electron chi connectivity index (χ4n) is 3.14. The number of pyridine rings is 2. The summed E-state index contributed by atoms with van der Waals surface area (Å²) in [4.78, 5) is 43.9. The molecule has 0 bridgehead atoms.